The molecule has 3 heterocycles. The number of nitrogens with one attached hydrogen (secondary N) is 1. The molecule has 1 fully saturated rings. The normalized spacial score (nSPS) is 19.4. The van der Waals surface area contributed by atoms with E-state index >= 15 is 0 Å². The molecule has 0 saturated carbocycles. The van der Waals surface area contributed by atoms with E-state index in [1.165, 1.54) is 5.01 Å². The van der Waals surface area contributed by atoms with Crippen LogP contribution in [0.1, 0.15) is 35.2 Å². The van der Waals surface area contributed by atoms with Crippen molar-refractivity contribution in [2.45, 2.75) is 25.3 Å². The summed E-state index contributed by atoms with van der Waals surface area (Å²) in [7, 11) is 0. The second-order valence-electron chi connectivity index (χ2n) is 7.83. The quantitative estimate of drug-likeness (QED) is 0.770. The Hall–Kier alpha value is -3.68. The van der Waals surface area contributed by atoms with Crippen LogP contribution in [0.15, 0.2) is 53.6 Å². The number of ether oxygens (including phenoxy) is 1. The number of carbonyl (C=O) groups is 3. The van der Waals surface area contributed by atoms with Crippen molar-refractivity contribution >= 4 is 34.9 Å². The lowest BCUT2D eigenvalue weighted by molar-refractivity contribution is -0.134. The van der Waals surface area contributed by atoms with E-state index in [4.69, 9.17) is 4.74 Å². The Morgan fingerprint density at radius 1 is 1.13 bits per heavy atom. The second-order valence-corrected chi connectivity index (χ2v) is 7.83. The van der Waals surface area contributed by atoms with Crippen LogP contribution in [0.3, 0.4) is 0 Å². The molecule has 5 rings (SSSR count). The molecule has 1 saturated heterocycles. The van der Waals surface area contributed by atoms with Gasteiger partial charge in [-0.1, -0.05) is 30.3 Å². The third kappa shape index (κ3) is 3.65. The van der Waals surface area contributed by atoms with Gasteiger partial charge < -0.3 is 15.0 Å². The van der Waals surface area contributed by atoms with Crippen LogP contribution in [0.5, 0.6) is 0 Å². The zero-order valence-electron chi connectivity index (χ0n) is 16.9. The highest BCUT2D eigenvalue weighted by atomic mass is 16.5. The van der Waals surface area contributed by atoms with Crippen molar-refractivity contribution in [1.29, 1.82) is 0 Å². The van der Waals surface area contributed by atoms with Crippen LogP contribution in [-0.4, -0.2) is 54.2 Å². The van der Waals surface area contributed by atoms with E-state index in [0.29, 0.717) is 24.2 Å². The van der Waals surface area contributed by atoms with Gasteiger partial charge in [0.2, 0.25) is 5.91 Å². The molecule has 31 heavy (non-hydrogen) atoms. The summed E-state index contributed by atoms with van der Waals surface area (Å²) in [6, 6.07) is 14.6. The average molecular weight is 418 g/mol. The number of hydrogen-bond donors (Lipinski definition) is 1. The maximum atomic E-state index is 12.5. The van der Waals surface area contributed by atoms with Gasteiger partial charge in [0.1, 0.15) is 6.04 Å². The fourth-order valence-corrected chi connectivity index (χ4v) is 4.31. The summed E-state index contributed by atoms with van der Waals surface area (Å²) in [5, 5.41) is 8.58. The summed E-state index contributed by atoms with van der Waals surface area (Å²) >= 11 is 0. The lowest BCUT2D eigenvalue weighted by Gasteiger charge is -2.33. The Morgan fingerprint density at radius 2 is 1.97 bits per heavy atom. The Balaban J connectivity index is 1.22. The van der Waals surface area contributed by atoms with Crippen LogP contribution >= 0.6 is 0 Å². The maximum Gasteiger partial charge on any atom is 0.338 e. The molecule has 3 aliphatic rings. The minimum absolute atomic E-state index is 0.0492. The van der Waals surface area contributed by atoms with Crippen molar-refractivity contribution in [3.8, 4) is 0 Å². The van der Waals surface area contributed by atoms with Crippen LogP contribution in [0.4, 0.5) is 11.4 Å². The van der Waals surface area contributed by atoms with E-state index in [0.717, 1.165) is 36.3 Å². The summed E-state index contributed by atoms with van der Waals surface area (Å²) in [6.07, 6.45) is 2.46. The van der Waals surface area contributed by atoms with Crippen molar-refractivity contribution in [2.24, 2.45) is 5.10 Å². The maximum absolute atomic E-state index is 12.5. The number of amides is 2. The molecule has 0 radical (unpaired) electrons. The summed E-state index contributed by atoms with van der Waals surface area (Å²) in [4.78, 5) is 39.3. The Morgan fingerprint density at radius 3 is 2.81 bits per heavy atom. The van der Waals surface area contributed by atoms with Gasteiger partial charge in [0.25, 0.3) is 5.91 Å². The first-order chi connectivity index (χ1) is 15.1. The summed E-state index contributed by atoms with van der Waals surface area (Å²) in [5.74, 6) is -1.03. The largest absolute Gasteiger partial charge is 0.452 e. The molecular weight excluding hydrogens is 396 g/mol. The van der Waals surface area contributed by atoms with E-state index in [1.807, 2.05) is 36.4 Å². The highest BCUT2D eigenvalue weighted by Gasteiger charge is 2.36. The van der Waals surface area contributed by atoms with Crippen molar-refractivity contribution in [3.63, 3.8) is 0 Å². The number of esters is 1. The molecule has 1 atom stereocenters. The zero-order valence-corrected chi connectivity index (χ0v) is 16.9. The Bertz CT molecular complexity index is 1080. The van der Waals surface area contributed by atoms with Gasteiger partial charge >= 0.3 is 5.97 Å². The molecule has 0 bridgehead atoms. The van der Waals surface area contributed by atoms with Crippen molar-refractivity contribution in [1.82, 2.24) is 5.01 Å². The highest BCUT2D eigenvalue weighted by Crippen LogP contribution is 2.37. The molecule has 2 aromatic rings. The van der Waals surface area contributed by atoms with Crippen LogP contribution in [0, 0.1) is 0 Å². The van der Waals surface area contributed by atoms with Gasteiger partial charge in [-0.3, -0.25) is 9.59 Å². The first kappa shape index (κ1) is 19.3. The van der Waals surface area contributed by atoms with Crippen LogP contribution in [0.2, 0.25) is 0 Å². The SMILES string of the molecule is O=C(OCC(=O)N1CCC(c2ccccc2)=N1)c1ccc2c(c1)NC(=O)[C@H]1CCCN21. The zero-order chi connectivity index (χ0) is 21.4. The monoisotopic (exact) mass is 418 g/mol. The van der Waals surface area contributed by atoms with Gasteiger partial charge in [-0.25, -0.2) is 9.80 Å². The van der Waals surface area contributed by atoms with Crippen LogP contribution in [0.25, 0.3) is 0 Å². The van der Waals surface area contributed by atoms with Crippen molar-refractivity contribution in [2.75, 3.05) is 29.9 Å². The third-order valence-electron chi connectivity index (χ3n) is 5.88. The molecule has 2 aromatic carbocycles. The number of fused-ring (bicyclic) bond motifs is 3. The lowest BCUT2D eigenvalue weighted by atomic mass is 10.1. The number of hydrogen-bond acceptors (Lipinski definition) is 6. The lowest BCUT2D eigenvalue weighted by Crippen LogP contribution is -2.43. The topological polar surface area (TPSA) is 91.3 Å². The molecule has 8 nitrogen and oxygen atoms in total. The molecule has 8 heteroatoms. The first-order valence-electron chi connectivity index (χ1n) is 10.4. The number of nitrogens with zero attached hydrogens (tertiary/aromatic N) is 3. The average Bonchev–Trinajstić information content (AvgIpc) is 3.48. The number of anilines is 2. The predicted octanol–water partition coefficient (Wildman–Crippen LogP) is 2.40. The molecule has 0 aromatic heterocycles. The van der Waals surface area contributed by atoms with Gasteiger partial charge in [0.05, 0.1) is 29.2 Å². The first-order valence-corrected chi connectivity index (χ1v) is 10.4. The molecule has 0 spiro atoms. The van der Waals surface area contributed by atoms with E-state index in [-0.39, 0.29) is 24.5 Å². The third-order valence-corrected chi connectivity index (χ3v) is 5.88. The van der Waals surface area contributed by atoms with Crippen LogP contribution < -0.4 is 10.2 Å². The summed E-state index contributed by atoms with van der Waals surface area (Å²) in [5.41, 5.74) is 3.62. The molecule has 158 valence electrons. The number of rotatable bonds is 4. The molecule has 1 N–H and O–H groups in total. The Kier molecular flexibility index (Phi) is 4.89. The van der Waals surface area contributed by atoms with Gasteiger partial charge in [-0.2, -0.15) is 5.10 Å². The van der Waals surface area contributed by atoms with Crippen molar-refractivity contribution < 1.29 is 19.1 Å². The molecule has 0 aliphatic carbocycles. The fourth-order valence-electron chi connectivity index (χ4n) is 4.31. The smallest absolute Gasteiger partial charge is 0.338 e. The second kappa shape index (κ2) is 7.86. The number of hydrazone groups is 1. The van der Waals surface area contributed by atoms with Gasteiger partial charge in [-0.15, -0.1) is 0 Å². The summed E-state index contributed by atoms with van der Waals surface area (Å²) in [6.45, 7) is 0.898. The van der Waals surface area contributed by atoms with E-state index < -0.39 is 5.97 Å². The van der Waals surface area contributed by atoms with Crippen molar-refractivity contribution in [3.05, 3.63) is 59.7 Å². The molecular formula is C23H22N4O4. The number of carbonyl (C=O) groups excluding carboxylic acids is 3. The molecule has 2 amide bonds. The van der Waals surface area contributed by atoms with E-state index in [9.17, 15) is 14.4 Å². The van der Waals surface area contributed by atoms with E-state index in [1.54, 1.807) is 12.1 Å². The summed E-state index contributed by atoms with van der Waals surface area (Å²) < 4.78 is 5.22. The Labute approximate surface area is 179 Å². The fraction of sp³-hybridized carbons (Fsp3) is 0.304. The number of benzene rings is 2. The molecule has 3 aliphatic heterocycles. The highest BCUT2D eigenvalue weighted by molar-refractivity contribution is 6.06. The van der Waals surface area contributed by atoms with Gasteiger partial charge in [0.15, 0.2) is 6.61 Å². The minimum atomic E-state index is -0.611. The van der Waals surface area contributed by atoms with Gasteiger partial charge in [-0.05, 0) is 36.6 Å². The standard InChI is InChI=1S/C23H22N4O4/c28-21(27-12-10-17(25-27)15-5-2-1-3-6-15)14-31-23(30)16-8-9-19-18(13-16)24-22(29)20-7-4-11-26(19)20/h1-3,5-6,8-9,13,20H,4,7,10-12,14H2,(H,24,29)/t20-/m1/s1. The minimum Gasteiger partial charge on any atom is -0.452 e. The van der Waals surface area contributed by atoms with E-state index in [2.05, 4.69) is 15.3 Å². The van der Waals surface area contributed by atoms with Crippen LogP contribution in [-0.2, 0) is 14.3 Å². The molecule has 0 unspecified atom stereocenters. The van der Waals surface area contributed by atoms with Gasteiger partial charge in [0, 0.05) is 13.0 Å². The predicted molar refractivity (Wildman–Crippen MR) is 115 cm³/mol.